The molecule has 0 unspecified atom stereocenters. The Kier molecular flexibility index (Phi) is 3.97. The minimum atomic E-state index is 0.846. The van der Waals surface area contributed by atoms with Gasteiger partial charge in [0.25, 0.3) is 0 Å². The van der Waals surface area contributed by atoms with Gasteiger partial charge < -0.3 is 0 Å². The molecule has 0 heterocycles. The number of aryl methyl sites for hydroxylation is 1. The average Bonchev–Trinajstić information content (AvgIpc) is 2.19. The van der Waals surface area contributed by atoms with Crippen LogP contribution in [-0.4, -0.2) is 0 Å². The molecule has 1 aromatic carbocycles. The molecule has 0 aliphatic carbocycles. The summed E-state index contributed by atoms with van der Waals surface area (Å²) in [7, 11) is 0. The molecule has 74 valence electrons. The van der Waals surface area contributed by atoms with E-state index in [1.165, 1.54) is 5.57 Å². The van der Waals surface area contributed by atoms with Gasteiger partial charge in [-0.3, -0.25) is 0 Å². The molecule has 0 aromatic heterocycles. The minimum absolute atomic E-state index is 0.846. The lowest BCUT2D eigenvalue weighted by Crippen LogP contribution is -1.85. The molecule has 0 atom stereocenters. The Balaban J connectivity index is 3.24. The first-order valence-corrected chi connectivity index (χ1v) is 5.13. The van der Waals surface area contributed by atoms with Crippen LogP contribution in [0.15, 0.2) is 36.4 Å². The second kappa shape index (κ2) is 5.02. The van der Waals surface area contributed by atoms with Gasteiger partial charge in [0.05, 0.1) is 5.02 Å². The van der Waals surface area contributed by atoms with Gasteiger partial charge in [0.15, 0.2) is 0 Å². The smallest absolute Gasteiger partial charge is 0.0513 e. The topological polar surface area (TPSA) is 0 Å². The molecule has 0 fully saturated rings. The normalized spacial score (nSPS) is 12.4. The number of hydrogen-bond donors (Lipinski definition) is 0. The lowest BCUT2D eigenvalue weighted by atomic mass is 10.0. The number of halogens is 1. The van der Waals surface area contributed by atoms with Gasteiger partial charge in [-0.1, -0.05) is 48.0 Å². The maximum atomic E-state index is 6.23. The van der Waals surface area contributed by atoms with Crippen LogP contribution in [0.2, 0.25) is 5.02 Å². The van der Waals surface area contributed by atoms with E-state index >= 15 is 0 Å². The predicted octanol–water partition coefficient (Wildman–Crippen LogP) is 4.63. The summed E-state index contributed by atoms with van der Waals surface area (Å²) in [6, 6.07) is 6.10. The molecule has 0 aliphatic rings. The Morgan fingerprint density at radius 2 is 2.00 bits per heavy atom. The van der Waals surface area contributed by atoms with Crippen molar-refractivity contribution in [2.75, 3.05) is 0 Å². The van der Waals surface area contributed by atoms with Gasteiger partial charge in [-0.25, -0.2) is 0 Å². The summed E-state index contributed by atoms with van der Waals surface area (Å²) < 4.78 is 0. The van der Waals surface area contributed by atoms with Crippen molar-refractivity contribution >= 4 is 17.2 Å². The van der Waals surface area contributed by atoms with E-state index < -0.39 is 0 Å². The summed E-state index contributed by atoms with van der Waals surface area (Å²) in [5, 5.41) is 0.846. The standard InChI is InChI=1S/C13H15Cl/c1-4-7-11(5-2)12-9-6-8-10(3)13(12)14/h4-9H,1-3H3/b7-4-,11-5+. The Hall–Kier alpha value is -1.01. The number of benzene rings is 1. The molecule has 0 nitrogen and oxygen atoms in total. The Bertz CT molecular complexity index is 373. The SMILES string of the molecule is C/C=C\C(=C/C)c1cccc(C)c1Cl. The molecule has 0 radical (unpaired) electrons. The van der Waals surface area contributed by atoms with Gasteiger partial charge in [0, 0.05) is 5.56 Å². The number of rotatable bonds is 2. The van der Waals surface area contributed by atoms with Gasteiger partial charge in [-0.05, 0) is 31.9 Å². The van der Waals surface area contributed by atoms with Crippen LogP contribution in [0.4, 0.5) is 0 Å². The first-order chi connectivity index (χ1) is 6.70. The van der Waals surface area contributed by atoms with Crippen molar-refractivity contribution in [2.45, 2.75) is 20.8 Å². The quantitative estimate of drug-likeness (QED) is 0.619. The van der Waals surface area contributed by atoms with Crippen LogP contribution >= 0.6 is 11.6 Å². The second-order valence-corrected chi connectivity index (χ2v) is 3.56. The van der Waals surface area contributed by atoms with Crippen LogP contribution in [0.3, 0.4) is 0 Å². The van der Waals surface area contributed by atoms with Crippen molar-refractivity contribution in [2.24, 2.45) is 0 Å². The largest absolute Gasteiger partial charge is 0.0871 e. The van der Waals surface area contributed by atoms with E-state index in [0.29, 0.717) is 0 Å². The van der Waals surface area contributed by atoms with E-state index in [2.05, 4.69) is 12.2 Å². The molecule has 0 bridgehead atoms. The number of hydrogen-bond acceptors (Lipinski definition) is 0. The average molecular weight is 207 g/mol. The summed E-state index contributed by atoms with van der Waals surface area (Å²) in [5.74, 6) is 0. The van der Waals surface area contributed by atoms with Crippen molar-refractivity contribution in [3.63, 3.8) is 0 Å². The third-order valence-electron chi connectivity index (χ3n) is 2.16. The second-order valence-electron chi connectivity index (χ2n) is 3.18. The minimum Gasteiger partial charge on any atom is -0.0871 e. The zero-order valence-corrected chi connectivity index (χ0v) is 9.60. The molecule has 1 heteroatoms. The summed E-state index contributed by atoms with van der Waals surface area (Å²) in [5.41, 5.74) is 3.39. The third kappa shape index (κ3) is 2.27. The first kappa shape index (κ1) is 11.1. The lowest BCUT2D eigenvalue weighted by molar-refractivity contribution is 1.44. The monoisotopic (exact) mass is 206 g/mol. The molecule has 0 saturated carbocycles. The van der Waals surface area contributed by atoms with E-state index in [0.717, 1.165) is 16.1 Å². The molecule has 0 amide bonds. The Morgan fingerprint density at radius 1 is 1.29 bits per heavy atom. The lowest BCUT2D eigenvalue weighted by Gasteiger charge is -2.07. The Labute approximate surface area is 90.9 Å². The molecule has 0 saturated heterocycles. The van der Waals surface area contributed by atoms with E-state index in [4.69, 9.17) is 11.6 Å². The first-order valence-electron chi connectivity index (χ1n) is 4.75. The predicted molar refractivity (Wildman–Crippen MR) is 64.7 cm³/mol. The Morgan fingerprint density at radius 3 is 2.57 bits per heavy atom. The molecule has 0 N–H and O–H groups in total. The molecular weight excluding hydrogens is 192 g/mol. The fraction of sp³-hybridized carbons (Fsp3) is 0.231. The molecule has 14 heavy (non-hydrogen) atoms. The zero-order chi connectivity index (χ0) is 10.6. The van der Waals surface area contributed by atoms with Crippen molar-refractivity contribution in [3.05, 3.63) is 52.6 Å². The highest BCUT2D eigenvalue weighted by Gasteiger charge is 2.04. The fourth-order valence-electron chi connectivity index (χ4n) is 1.39. The van der Waals surface area contributed by atoms with Crippen molar-refractivity contribution in [1.82, 2.24) is 0 Å². The van der Waals surface area contributed by atoms with E-state index in [9.17, 15) is 0 Å². The van der Waals surface area contributed by atoms with Crippen LogP contribution < -0.4 is 0 Å². The zero-order valence-electron chi connectivity index (χ0n) is 8.84. The van der Waals surface area contributed by atoms with E-state index in [1.54, 1.807) is 0 Å². The van der Waals surface area contributed by atoms with E-state index in [1.807, 2.05) is 45.0 Å². The van der Waals surface area contributed by atoms with Crippen LogP contribution in [0, 0.1) is 6.92 Å². The van der Waals surface area contributed by atoms with Gasteiger partial charge in [-0.2, -0.15) is 0 Å². The van der Waals surface area contributed by atoms with Crippen LogP contribution in [0.25, 0.3) is 5.57 Å². The molecule has 0 spiro atoms. The van der Waals surface area contributed by atoms with Gasteiger partial charge in [0.1, 0.15) is 0 Å². The third-order valence-corrected chi connectivity index (χ3v) is 2.66. The van der Waals surface area contributed by atoms with E-state index in [-0.39, 0.29) is 0 Å². The maximum absolute atomic E-state index is 6.23. The molecule has 1 rings (SSSR count). The van der Waals surface area contributed by atoms with Crippen LogP contribution in [-0.2, 0) is 0 Å². The molecular formula is C13H15Cl. The summed E-state index contributed by atoms with van der Waals surface area (Å²) in [6.45, 7) is 6.05. The van der Waals surface area contributed by atoms with Crippen molar-refractivity contribution < 1.29 is 0 Å². The number of allylic oxidation sites excluding steroid dienone is 4. The summed E-state index contributed by atoms with van der Waals surface area (Å²) in [6.07, 6.45) is 6.16. The summed E-state index contributed by atoms with van der Waals surface area (Å²) in [4.78, 5) is 0. The van der Waals surface area contributed by atoms with Crippen molar-refractivity contribution in [3.8, 4) is 0 Å². The molecule has 1 aromatic rings. The maximum Gasteiger partial charge on any atom is 0.0513 e. The van der Waals surface area contributed by atoms with Crippen molar-refractivity contribution in [1.29, 1.82) is 0 Å². The molecule has 0 aliphatic heterocycles. The summed E-state index contributed by atoms with van der Waals surface area (Å²) >= 11 is 6.23. The fourth-order valence-corrected chi connectivity index (χ4v) is 1.63. The highest BCUT2D eigenvalue weighted by Crippen LogP contribution is 2.27. The van der Waals surface area contributed by atoms with Crippen LogP contribution in [0.1, 0.15) is 25.0 Å². The van der Waals surface area contributed by atoms with Gasteiger partial charge >= 0.3 is 0 Å². The van der Waals surface area contributed by atoms with Gasteiger partial charge in [0.2, 0.25) is 0 Å². The van der Waals surface area contributed by atoms with Gasteiger partial charge in [-0.15, -0.1) is 0 Å². The highest BCUT2D eigenvalue weighted by atomic mass is 35.5. The van der Waals surface area contributed by atoms with Crippen LogP contribution in [0.5, 0.6) is 0 Å². The highest BCUT2D eigenvalue weighted by molar-refractivity contribution is 6.33.